The number of carbonyl (C=O) groups is 1. The highest BCUT2D eigenvalue weighted by molar-refractivity contribution is 6.01. The van der Waals surface area contributed by atoms with Crippen molar-refractivity contribution in [1.29, 1.82) is 5.26 Å². The normalized spacial score (nSPS) is 17.2. The van der Waals surface area contributed by atoms with Crippen LogP contribution >= 0.6 is 0 Å². The van der Waals surface area contributed by atoms with E-state index >= 15 is 0 Å². The zero-order valence-electron chi connectivity index (χ0n) is 13.7. The minimum absolute atomic E-state index is 0.00255. The first-order chi connectivity index (χ1) is 11.6. The average molecular weight is 332 g/mol. The van der Waals surface area contributed by atoms with E-state index in [-0.39, 0.29) is 28.9 Å². The van der Waals surface area contributed by atoms with E-state index in [0.717, 1.165) is 12.8 Å². The number of hydrogen-bond acceptors (Lipinski definition) is 6. The Morgan fingerprint density at radius 3 is 2.62 bits per heavy atom. The van der Waals surface area contributed by atoms with Gasteiger partial charge in [-0.25, -0.2) is 0 Å². The lowest BCUT2D eigenvalue weighted by molar-refractivity contribution is -0.117. The molecule has 7 nitrogen and oxygen atoms in total. The largest absolute Gasteiger partial charge is 0.502 e. The van der Waals surface area contributed by atoms with Gasteiger partial charge in [0.25, 0.3) is 5.91 Å². The van der Waals surface area contributed by atoms with Gasteiger partial charge in [-0.1, -0.05) is 0 Å². The first-order valence-electron chi connectivity index (χ1n) is 7.55. The Hall–Kier alpha value is -2.72. The predicted octanol–water partition coefficient (Wildman–Crippen LogP) is 1.61. The summed E-state index contributed by atoms with van der Waals surface area (Å²) in [5, 5.41) is 21.8. The van der Waals surface area contributed by atoms with Gasteiger partial charge in [-0.2, -0.15) is 5.26 Å². The smallest absolute Gasteiger partial charge is 0.262 e. The lowest BCUT2D eigenvalue weighted by atomic mass is 10.1. The Morgan fingerprint density at radius 1 is 1.46 bits per heavy atom. The van der Waals surface area contributed by atoms with Crippen molar-refractivity contribution >= 4 is 12.0 Å². The maximum atomic E-state index is 12.1. The quantitative estimate of drug-likeness (QED) is 0.606. The van der Waals surface area contributed by atoms with E-state index in [4.69, 9.17) is 14.2 Å². The van der Waals surface area contributed by atoms with Gasteiger partial charge >= 0.3 is 0 Å². The molecule has 0 radical (unpaired) electrons. The van der Waals surface area contributed by atoms with Gasteiger partial charge in [-0.3, -0.25) is 4.79 Å². The molecular formula is C17H20N2O5. The molecule has 1 amide bonds. The maximum absolute atomic E-state index is 12.1. The molecule has 1 heterocycles. The second-order valence-electron chi connectivity index (χ2n) is 5.29. The SMILES string of the molecule is COc1cc(/C=C(\C#N)C(=O)NCC2CCCO2)cc(OC)c1O. The monoisotopic (exact) mass is 332 g/mol. The molecule has 24 heavy (non-hydrogen) atoms. The van der Waals surface area contributed by atoms with E-state index in [1.54, 1.807) is 0 Å². The Labute approximate surface area is 140 Å². The minimum atomic E-state index is -0.473. The second-order valence-corrected chi connectivity index (χ2v) is 5.29. The van der Waals surface area contributed by atoms with Crippen molar-refractivity contribution in [2.24, 2.45) is 0 Å². The summed E-state index contributed by atoms with van der Waals surface area (Å²) in [6.07, 6.45) is 3.30. The zero-order valence-corrected chi connectivity index (χ0v) is 13.7. The van der Waals surface area contributed by atoms with Gasteiger partial charge in [0, 0.05) is 13.2 Å². The van der Waals surface area contributed by atoms with E-state index < -0.39 is 5.91 Å². The highest BCUT2D eigenvalue weighted by atomic mass is 16.5. The number of hydrogen-bond donors (Lipinski definition) is 2. The summed E-state index contributed by atoms with van der Waals surface area (Å²) in [5.41, 5.74) is 0.452. The molecule has 0 bridgehead atoms. The van der Waals surface area contributed by atoms with Crippen LogP contribution in [0, 0.1) is 11.3 Å². The van der Waals surface area contributed by atoms with Crippen LogP contribution in [0.25, 0.3) is 6.08 Å². The number of phenolic OH excluding ortho intramolecular Hbond substituents is 1. The highest BCUT2D eigenvalue weighted by Gasteiger charge is 2.18. The summed E-state index contributed by atoms with van der Waals surface area (Å²) in [6, 6.07) is 4.91. The van der Waals surface area contributed by atoms with Crippen molar-refractivity contribution < 1.29 is 24.1 Å². The number of rotatable bonds is 6. The molecule has 1 fully saturated rings. The number of nitrogens with zero attached hydrogens (tertiary/aromatic N) is 1. The molecule has 0 saturated carbocycles. The third-order valence-corrected chi connectivity index (χ3v) is 3.69. The molecule has 2 N–H and O–H groups in total. The summed E-state index contributed by atoms with van der Waals surface area (Å²) >= 11 is 0. The van der Waals surface area contributed by atoms with Crippen molar-refractivity contribution in [2.45, 2.75) is 18.9 Å². The number of ether oxygens (including phenoxy) is 3. The maximum Gasteiger partial charge on any atom is 0.262 e. The van der Waals surface area contributed by atoms with Gasteiger partial charge in [0.05, 0.1) is 20.3 Å². The number of amides is 1. The number of methoxy groups -OCH3 is 2. The van der Waals surface area contributed by atoms with Crippen molar-refractivity contribution in [1.82, 2.24) is 5.32 Å². The zero-order chi connectivity index (χ0) is 17.5. The van der Waals surface area contributed by atoms with Crippen LogP contribution in [-0.4, -0.2) is 44.5 Å². The molecule has 1 aromatic carbocycles. The number of benzene rings is 1. The van der Waals surface area contributed by atoms with E-state index in [0.29, 0.717) is 18.7 Å². The van der Waals surface area contributed by atoms with Gasteiger partial charge < -0.3 is 24.6 Å². The van der Waals surface area contributed by atoms with Crippen LogP contribution in [0.4, 0.5) is 0 Å². The van der Waals surface area contributed by atoms with Crippen LogP contribution < -0.4 is 14.8 Å². The predicted molar refractivity (Wildman–Crippen MR) is 86.8 cm³/mol. The summed E-state index contributed by atoms with van der Waals surface area (Å²) in [7, 11) is 2.81. The Morgan fingerprint density at radius 2 is 2.12 bits per heavy atom. The summed E-state index contributed by atoms with van der Waals surface area (Å²) in [4.78, 5) is 12.1. The van der Waals surface area contributed by atoms with Crippen molar-refractivity contribution in [3.8, 4) is 23.3 Å². The number of nitriles is 1. The van der Waals surface area contributed by atoms with E-state index in [1.807, 2.05) is 6.07 Å². The van der Waals surface area contributed by atoms with Crippen LogP contribution in [0.5, 0.6) is 17.2 Å². The number of nitrogens with one attached hydrogen (secondary N) is 1. The molecular weight excluding hydrogens is 312 g/mol. The molecule has 1 aromatic rings. The van der Waals surface area contributed by atoms with Crippen LogP contribution in [0.3, 0.4) is 0 Å². The van der Waals surface area contributed by atoms with Crippen molar-refractivity contribution in [2.75, 3.05) is 27.4 Å². The molecule has 1 aliphatic heterocycles. The van der Waals surface area contributed by atoms with Gasteiger partial charge in [0.2, 0.25) is 5.75 Å². The highest BCUT2D eigenvalue weighted by Crippen LogP contribution is 2.37. The number of phenols is 1. The minimum Gasteiger partial charge on any atom is -0.502 e. The molecule has 1 aliphatic rings. The molecule has 1 saturated heterocycles. The van der Waals surface area contributed by atoms with E-state index in [2.05, 4.69) is 5.32 Å². The van der Waals surface area contributed by atoms with Gasteiger partial charge in [-0.15, -0.1) is 0 Å². The van der Waals surface area contributed by atoms with E-state index in [1.165, 1.54) is 32.4 Å². The Balaban J connectivity index is 2.16. The molecule has 0 spiro atoms. The van der Waals surface area contributed by atoms with Crippen molar-refractivity contribution in [3.63, 3.8) is 0 Å². The third-order valence-electron chi connectivity index (χ3n) is 3.69. The number of carbonyl (C=O) groups excluding carboxylic acids is 1. The summed E-state index contributed by atoms with van der Waals surface area (Å²) in [6.45, 7) is 1.08. The Bertz CT molecular complexity index is 647. The molecule has 2 rings (SSSR count). The van der Waals surface area contributed by atoms with Gasteiger partial charge in [0.15, 0.2) is 11.5 Å². The second kappa shape index (κ2) is 8.22. The first-order valence-corrected chi connectivity index (χ1v) is 7.55. The fourth-order valence-corrected chi connectivity index (χ4v) is 2.42. The molecule has 1 atom stereocenters. The topological polar surface area (TPSA) is 101 Å². The summed E-state index contributed by atoms with van der Waals surface area (Å²) < 4.78 is 15.5. The molecule has 1 unspecified atom stereocenters. The standard InChI is InChI=1S/C17H20N2O5/c1-22-14-7-11(8-15(23-2)16(14)20)6-12(9-18)17(21)19-10-13-4-3-5-24-13/h6-8,13,20H,3-5,10H2,1-2H3,(H,19,21)/b12-6+. The van der Waals surface area contributed by atoms with Crippen LogP contribution in [-0.2, 0) is 9.53 Å². The molecule has 0 aromatic heterocycles. The van der Waals surface area contributed by atoms with Gasteiger partial charge in [-0.05, 0) is 36.6 Å². The first kappa shape index (κ1) is 17.6. The fourth-order valence-electron chi connectivity index (χ4n) is 2.42. The molecule has 128 valence electrons. The summed E-state index contributed by atoms with van der Waals surface area (Å²) in [5.74, 6) is -0.229. The number of aromatic hydroxyl groups is 1. The van der Waals surface area contributed by atoms with E-state index in [9.17, 15) is 15.2 Å². The van der Waals surface area contributed by atoms with Crippen molar-refractivity contribution in [3.05, 3.63) is 23.3 Å². The van der Waals surface area contributed by atoms with Gasteiger partial charge in [0.1, 0.15) is 11.6 Å². The lowest BCUT2D eigenvalue weighted by Gasteiger charge is -2.11. The average Bonchev–Trinajstić information content (AvgIpc) is 3.12. The Kier molecular flexibility index (Phi) is 6.04. The molecule has 7 heteroatoms. The van der Waals surface area contributed by atoms with Crippen LogP contribution in [0.15, 0.2) is 17.7 Å². The molecule has 0 aliphatic carbocycles. The lowest BCUT2D eigenvalue weighted by Crippen LogP contribution is -2.32. The fraction of sp³-hybridized carbons (Fsp3) is 0.412. The van der Waals surface area contributed by atoms with Crippen LogP contribution in [0.1, 0.15) is 18.4 Å². The van der Waals surface area contributed by atoms with Crippen LogP contribution in [0.2, 0.25) is 0 Å². The third kappa shape index (κ3) is 4.18.